The standard InChI is InChI=1S/C15H13N5S/c1-10-8-13-18-15(21-2)12(9-16)14(20(13)19-10)17-11-6-4-3-5-7-11/h3-8,17H,1-2H3. The SMILES string of the molecule is CSc1nc2cc(C)nn2c(Nc2ccccc2)c1C#N. The van der Waals surface area contributed by atoms with Gasteiger partial charge in [0.25, 0.3) is 0 Å². The Kier molecular flexibility index (Phi) is 3.50. The number of nitrogens with zero attached hydrogens (tertiary/aromatic N) is 4. The van der Waals surface area contributed by atoms with Gasteiger partial charge in [0.05, 0.1) is 5.69 Å². The Morgan fingerprint density at radius 3 is 2.71 bits per heavy atom. The topological polar surface area (TPSA) is 66.0 Å². The average Bonchev–Trinajstić information content (AvgIpc) is 2.88. The highest BCUT2D eigenvalue weighted by molar-refractivity contribution is 7.98. The summed E-state index contributed by atoms with van der Waals surface area (Å²) in [4.78, 5) is 4.49. The summed E-state index contributed by atoms with van der Waals surface area (Å²) in [5.74, 6) is 0.645. The first-order chi connectivity index (χ1) is 10.2. The van der Waals surface area contributed by atoms with Gasteiger partial charge < -0.3 is 5.32 Å². The molecule has 0 aliphatic carbocycles. The summed E-state index contributed by atoms with van der Waals surface area (Å²) in [7, 11) is 0. The minimum Gasteiger partial charge on any atom is -0.339 e. The molecule has 5 nitrogen and oxygen atoms in total. The molecule has 2 aromatic heterocycles. The van der Waals surface area contributed by atoms with Crippen molar-refractivity contribution >= 4 is 28.9 Å². The summed E-state index contributed by atoms with van der Waals surface area (Å²) in [6.07, 6.45) is 1.91. The van der Waals surface area contributed by atoms with Crippen LogP contribution >= 0.6 is 11.8 Å². The van der Waals surface area contributed by atoms with E-state index < -0.39 is 0 Å². The van der Waals surface area contributed by atoms with Crippen LogP contribution in [-0.4, -0.2) is 20.9 Å². The van der Waals surface area contributed by atoms with Gasteiger partial charge in [0, 0.05) is 11.8 Å². The predicted octanol–water partition coefficient (Wildman–Crippen LogP) is 3.37. The van der Waals surface area contributed by atoms with Crippen LogP contribution < -0.4 is 5.32 Å². The molecular formula is C15H13N5S. The minimum absolute atomic E-state index is 0.502. The van der Waals surface area contributed by atoms with Crippen LogP contribution in [0.1, 0.15) is 11.3 Å². The molecule has 21 heavy (non-hydrogen) atoms. The first kappa shape index (κ1) is 13.5. The van der Waals surface area contributed by atoms with Gasteiger partial charge in [-0.1, -0.05) is 18.2 Å². The number of thioether (sulfide) groups is 1. The molecule has 0 saturated heterocycles. The van der Waals surface area contributed by atoms with E-state index in [4.69, 9.17) is 0 Å². The van der Waals surface area contributed by atoms with Gasteiger partial charge in [-0.3, -0.25) is 0 Å². The van der Waals surface area contributed by atoms with Gasteiger partial charge in [-0.2, -0.15) is 14.9 Å². The molecule has 0 saturated carbocycles. The number of aromatic nitrogens is 3. The lowest BCUT2D eigenvalue weighted by Gasteiger charge is -2.12. The second-order valence-electron chi connectivity index (χ2n) is 4.50. The smallest absolute Gasteiger partial charge is 0.158 e. The van der Waals surface area contributed by atoms with E-state index in [2.05, 4.69) is 21.5 Å². The molecule has 0 spiro atoms. The number of benzene rings is 1. The Labute approximate surface area is 126 Å². The zero-order chi connectivity index (χ0) is 14.8. The molecule has 0 bridgehead atoms. The van der Waals surface area contributed by atoms with Gasteiger partial charge in [0.2, 0.25) is 0 Å². The van der Waals surface area contributed by atoms with Crippen molar-refractivity contribution in [2.45, 2.75) is 11.9 Å². The van der Waals surface area contributed by atoms with E-state index in [0.29, 0.717) is 16.4 Å². The van der Waals surface area contributed by atoms with Crippen molar-refractivity contribution in [3.8, 4) is 6.07 Å². The first-order valence-corrected chi connectivity index (χ1v) is 7.62. The van der Waals surface area contributed by atoms with Crippen LogP contribution in [-0.2, 0) is 0 Å². The molecule has 0 unspecified atom stereocenters. The highest BCUT2D eigenvalue weighted by Crippen LogP contribution is 2.28. The predicted molar refractivity (Wildman–Crippen MR) is 83.9 cm³/mol. The van der Waals surface area contributed by atoms with Crippen molar-refractivity contribution < 1.29 is 0 Å². The van der Waals surface area contributed by atoms with Crippen molar-refractivity contribution in [3.63, 3.8) is 0 Å². The maximum atomic E-state index is 9.49. The van der Waals surface area contributed by atoms with Crippen LogP contribution in [0.15, 0.2) is 41.4 Å². The average molecular weight is 295 g/mol. The molecule has 6 heteroatoms. The van der Waals surface area contributed by atoms with Crippen LogP contribution in [0.4, 0.5) is 11.5 Å². The van der Waals surface area contributed by atoms with E-state index in [1.54, 1.807) is 4.52 Å². The van der Waals surface area contributed by atoms with E-state index in [9.17, 15) is 5.26 Å². The molecular weight excluding hydrogens is 282 g/mol. The summed E-state index contributed by atoms with van der Waals surface area (Å²) >= 11 is 1.45. The van der Waals surface area contributed by atoms with E-state index in [0.717, 1.165) is 17.0 Å². The number of fused-ring (bicyclic) bond motifs is 1. The maximum absolute atomic E-state index is 9.49. The van der Waals surface area contributed by atoms with Crippen LogP contribution in [0, 0.1) is 18.3 Å². The lowest BCUT2D eigenvalue weighted by molar-refractivity contribution is 0.900. The third-order valence-corrected chi connectivity index (χ3v) is 3.72. The molecule has 0 fully saturated rings. The largest absolute Gasteiger partial charge is 0.339 e. The van der Waals surface area contributed by atoms with Crippen LogP contribution in [0.2, 0.25) is 0 Å². The number of anilines is 2. The first-order valence-electron chi connectivity index (χ1n) is 6.39. The lowest BCUT2D eigenvalue weighted by Crippen LogP contribution is -2.06. The maximum Gasteiger partial charge on any atom is 0.158 e. The van der Waals surface area contributed by atoms with Crippen LogP contribution in [0.3, 0.4) is 0 Å². The highest BCUT2D eigenvalue weighted by Gasteiger charge is 2.16. The van der Waals surface area contributed by atoms with Crippen molar-refractivity contribution in [1.29, 1.82) is 5.26 Å². The third-order valence-electron chi connectivity index (χ3n) is 3.03. The lowest BCUT2D eigenvalue weighted by atomic mass is 10.3. The van der Waals surface area contributed by atoms with Gasteiger partial charge in [-0.15, -0.1) is 11.8 Å². The number of aryl methyl sites for hydroxylation is 1. The molecule has 104 valence electrons. The molecule has 1 N–H and O–H groups in total. The van der Waals surface area contributed by atoms with Gasteiger partial charge in [-0.25, -0.2) is 4.98 Å². The summed E-state index contributed by atoms with van der Waals surface area (Å²) in [6, 6.07) is 13.9. The van der Waals surface area contributed by atoms with Crippen LogP contribution in [0.5, 0.6) is 0 Å². The number of hydrogen-bond acceptors (Lipinski definition) is 5. The fourth-order valence-corrected chi connectivity index (χ4v) is 2.65. The van der Waals surface area contributed by atoms with Gasteiger partial charge in [0.15, 0.2) is 11.5 Å². The Hall–Kier alpha value is -2.52. The quantitative estimate of drug-likeness (QED) is 0.592. The fraction of sp³-hybridized carbons (Fsp3) is 0.133. The molecule has 1 aromatic carbocycles. The second kappa shape index (κ2) is 5.46. The van der Waals surface area contributed by atoms with Gasteiger partial charge in [-0.05, 0) is 25.3 Å². The summed E-state index contributed by atoms with van der Waals surface area (Å²) in [6.45, 7) is 1.91. The van der Waals surface area contributed by atoms with Gasteiger partial charge >= 0.3 is 0 Å². The number of hydrogen-bond donors (Lipinski definition) is 1. The van der Waals surface area contributed by atoms with E-state index in [1.165, 1.54) is 11.8 Å². The highest BCUT2D eigenvalue weighted by atomic mass is 32.2. The normalized spacial score (nSPS) is 10.5. The van der Waals surface area contributed by atoms with Crippen molar-refractivity contribution in [1.82, 2.24) is 14.6 Å². The molecule has 0 aliphatic heterocycles. The Bertz CT molecular complexity index is 833. The fourth-order valence-electron chi connectivity index (χ4n) is 2.12. The zero-order valence-corrected chi connectivity index (χ0v) is 12.5. The second-order valence-corrected chi connectivity index (χ2v) is 5.30. The van der Waals surface area contributed by atoms with Crippen molar-refractivity contribution in [2.75, 3.05) is 11.6 Å². The third kappa shape index (κ3) is 2.43. The molecule has 0 aliphatic rings. The summed E-state index contributed by atoms with van der Waals surface area (Å²) in [5.41, 5.74) is 3.00. The molecule has 2 heterocycles. The van der Waals surface area contributed by atoms with Crippen LogP contribution in [0.25, 0.3) is 5.65 Å². The van der Waals surface area contributed by atoms with Crippen molar-refractivity contribution in [3.05, 3.63) is 47.7 Å². The monoisotopic (exact) mass is 295 g/mol. The van der Waals surface area contributed by atoms with E-state index >= 15 is 0 Å². The molecule has 3 rings (SSSR count). The number of nitrogens with one attached hydrogen (secondary N) is 1. The molecule has 0 amide bonds. The van der Waals surface area contributed by atoms with Crippen molar-refractivity contribution in [2.24, 2.45) is 0 Å². The molecule has 0 atom stereocenters. The number of para-hydroxylation sites is 1. The van der Waals surface area contributed by atoms with Gasteiger partial charge in [0.1, 0.15) is 16.7 Å². The Balaban J connectivity index is 2.25. The molecule has 3 aromatic rings. The zero-order valence-electron chi connectivity index (χ0n) is 11.7. The molecule has 0 radical (unpaired) electrons. The number of nitriles is 1. The Morgan fingerprint density at radius 1 is 1.29 bits per heavy atom. The number of rotatable bonds is 3. The van der Waals surface area contributed by atoms with E-state index in [1.807, 2.05) is 49.6 Å². The van der Waals surface area contributed by atoms with E-state index in [-0.39, 0.29) is 0 Å². The summed E-state index contributed by atoms with van der Waals surface area (Å²) in [5, 5.41) is 17.9. The Morgan fingerprint density at radius 2 is 2.05 bits per heavy atom. The minimum atomic E-state index is 0.502. The summed E-state index contributed by atoms with van der Waals surface area (Å²) < 4.78 is 1.68.